The van der Waals surface area contributed by atoms with Gasteiger partial charge in [-0.1, -0.05) is 13.8 Å². The van der Waals surface area contributed by atoms with Crippen LogP contribution in [0.1, 0.15) is 40.0 Å². The lowest BCUT2D eigenvalue weighted by Gasteiger charge is -2.26. The molecule has 1 fully saturated rings. The lowest BCUT2D eigenvalue weighted by atomic mass is 10.0. The van der Waals surface area contributed by atoms with Crippen molar-refractivity contribution in [3.05, 3.63) is 0 Å². The Kier molecular flexibility index (Phi) is 7.82. The molecule has 0 radical (unpaired) electrons. The summed E-state index contributed by atoms with van der Waals surface area (Å²) in [6, 6.07) is -2.42. The average molecular weight is 356 g/mol. The second-order valence-electron chi connectivity index (χ2n) is 6.78. The Hall–Kier alpha value is -2.16. The molecular weight excluding hydrogens is 328 g/mol. The Morgan fingerprint density at radius 1 is 1.24 bits per heavy atom. The number of amides is 3. The zero-order chi connectivity index (χ0) is 19.1. The third-order valence-electron chi connectivity index (χ3n) is 4.02. The van der Waals surface area contributed by atoms with Gasteiger partial charge < -0.3 is 26.4 Å². The first kappa shape index (κ1) is 20.9. The minimum absolute atomic E-state index is 0.108. The van der Waals surface area contributed by atoms with E-state index in [1.54, 1.807) is 0 Å². The summed E-state index contributed by atoms with van der Waals surface area (Å²) in [5, 5.41) is 14.2. The fourth-order valence-electron chi connectivity index (χ4n) is 2.72. The van der Waals surface area contributed by atoms with Crippen molar-refractivity contribution in [2.24, 2.45) is 11.7 Å². The number of carboxylic acid groups (broad SMARTS) is 1. The quantitative estimate of drug-likeness (QED) is 0.442. The van der Waals surface area contributed by atoms with Crippen LogP contribution in [-0.4, -0.2) is 64.9 Å². The largest absolute Gasteiger partial charge is 0.480 e. The molecule has 3 amide bonds. The molecular formula is C16H28N4O5. The van der Waals surface area contributed by atoms with Crippen LogP contribution in [0.15, 0.2) is 0 Å². The zero-order valence-electron chi connectivity index (χ0n) is 14.9. The molecule has 1 aliphatic rings. The van der Waals surface area contributed by atoms with Gasteiger partial charge in [-0.15, -0.1) is 0 Å². The summed E-state index contributed by atoms with van der Waals surface area (Å²) in [6.07, 6.45) is 1.42. The number of nitrogens with zero attached hydrogens (tertiary/aromatic N) is 1. The number of carboxylic acids is 1. The molecule has 1 rings (SSSR count). The first-order valence-corrected chi connectivity index (χ1v) is 8.49. The third-order valence-corrected chi connectivity index (χ3v) is 4.02. The van der Waals surface area contributed by atoms with E-state index in [1.165, 1.54) is 11.8 Å². The van der Waals surface area contributed by atoms with Crippen LogP contribution in [0.25, 0.3) is 0 Å². The van der Waals surface area contributed by atoms with E-state index >= 15 is 0 Å². The second kappa shape index (κ2) is 9.36. The van der Waals surface area contributed by atoms with Gasteiger partial charge in [0.1, 0.15) is 12.1 Å². The molecule has 0 aromatic rings. The monoisotopic (exact) mass is 356 g/mol. The van der Waals surface area contributed by atoms with E-state index in [0.29, 0.717) is 25.8 Å². The van der Waals surface area contributed by atoms with Crippen molar-refractivity contribution in [1.82, 2.24) is 15.5 Å². The lowest BCUT2D eigenvalue weighted by Crippen LogP contribution is -2.53. The van der Waals surface area contributed by atoms with Gasteiger partial charge in [0, 0.05) is 6.54 Å². The fraction of sp³-hybridized carbons (Fsp3) is 0.750. The molecule has 0 aliphatic carbocycles. The van der Waals surface area contributed by atoms with Crippen LogP contribution in [-0.2, 0) is 19.2 Å². The molecule has 9 heteroatoms. The number of nitrogens with one attached hydrogen (secondary N) is 2. The van der Waals surface area contributed by atoms with E-state index in [4.69, 9.17) is 5.73 Å². The van der Waals surface area contributed by atoms with Crippen LogP contribution in [0, 0.1) is 5.92 Å². The van der Waals surface area contributed by atoms with Gasteiger partial charge in [0.15, 0.2) is 0 Å². The van der Waals surface area contributed by atoms with Gasteiger partial charge in [-0.2, -0.15) is 0 Å². The second-order valence-corrected chi connectivity index (χ2v) is 6.78. The van der Waals surface area contributed by atoms with Crippen molar-refractivity contribution in [3.63, 3.8) is 0 Å². The van der Waals surface area contributed by atoms with Crippen molar-refractivity contribution >= 4 is 23.7 Å². The predicted octanol–water partition coefficient (Wildman–Crippen LogP) is -0.944. The highest BCUT2D eigenvalue weighted by molar-refractivity contribution is 5.92. The minimum Gasteiger partial charge on any atom is -0.480 e. The number of carbonyl (C=O) groups is 4. The molecule has 0 aromatic carbocycles. The minimum atomic E-state index is -1.10. The molecule has 0 saturated carbocycles. The van der Waals surface area contributed by atoms with Gasteiger partial charge in [0.05, 0.1) is 12.6 Å². The van der Waals surface area contributed by atoms with Crippen LogP contribution >= 0.6 is 0 Å². The molecule has 0 aromatic heterocycles. The number of likely N-dealkylation sites (tertiary alicyclic amines) is 1. The Morgan fingerprint density at radius 3 is 2.40 bits per heavy atom. The summed E-state index contributed by atoms with van der Waals surface area (Å²) in [5.74, 6) is -2.30. The smallest absolute Gasteiger partial charge is 0.326 e. The zero-order valence-corrected chi connectivity index (χ0v) is 14.9. The van der Waals surface area contributed by atoms with Gasteiger partial charge in [-0.3, -0.25) is 14.4 Å². The number of carbonyl (C=O) groups excluding carboxylic acids is 3. The predicted molar refractivity (Wildman–Crippen MR) is 90.4 cm³/mol. The van der Waals surface area contributed by atoms with Crippen molar-refractivity contribution in [3.8, 4) is 0 Å². The first-order chi connectivity index (χ1) is 11.6. The van der Waals surface area contributed by atoms with Crippen LogP contribution in [0.5, 0.6) is 0 Å². The Labute approximate surface area is 147 Å². The number of hydrogen-bond acceptors (Lipinski definition) is 5. The van der Waals surface area contributed by atoms with Crippen molar-refractivity contribution in [1.29, 1.82) is 0 Å². The molecule has 3 unspecified atom stereocenters. The summed E-state index contributed by atoms with van der Waals surface area (Å²) >= 11 is 0. The van der Waals surface area contributed by atoms with Crippen LogP contribution in [0.2, 0.25) is 0 Å². The highest BCUT2D eigenvalue weighted by Gasteiger charge is 2.35. The molecule has 3 atom stereocenters. The maximum atomic E-state index is 12.4. The summed E-state index contributed by atoms with van der Waals surface area (Å²) in [5.41, 5.74) is 5.42. The topological polar surface area (TPSA) is 142 Å². The lowest BCUT2D eigenvalue weighted by molar-refractivity contribution is -0.144. The normalized spacial score (nSPS) is 19.4. The highest BCUT2D eigenvalue weighted by Crippen LogP contribution is 2.18. The van der Waals surface area contributed by atoms with Crippen molar-refractivity contribution in [2.75, 3.05) is 13.1 Å². The van der Waals surface area contributed by atoms with Gasteiger partial charge in [0.2, 0.25) is 17.7 Å². The number of aliphatic carboxylic acids is 1. The van der Waals surface area contributed by atoms with Gasteiger partial charge in [-0.25, -0.2) is 4.79 Å². The first-order valence-electron chi connectivity index (χ1n) is 8.49. The molecule has 0 spiro atoms. The Balaban J connectivity index is 2.66. The summed E-state index contributed by atoms with van der Waals surface area (Å²) in [6.45, 7) is 5.40. The maximum Gasteiger partial charge on any atom is 0.326 e. The molecule has 9 nitrogen and oxygen atoms in total. The fourth-order valence-corrected chi connectivity index (χ4v) is 2.72. The van der Waals surface area contributed by atoms with E-state index in [9.17, 15) is 24.3 Å². The summed E-state index contributed by atoms with van der Waals surface area (Å²) in [7, 11) is 0. The number of hydrogen-bond donors (Lipinski definition) is 4. The van der Waals surface area contributed by atoms with Gasteiger partial charge in [0.25, 0.3) is 0 Å². The molecule has 25 heavy (non-hydrogen) atoms. The number of nitrogens with two attached hydrogens (primary N) is 1. The number of rotatable bonds is 8. The molecule has 1 heterocycles. The van der Waals surface area contributed by atoms with Crippen molar-refractivity contribution < 1.29 is 24.3 Å². The molecule has 5 N–H and O–H groups in total. The highest BCUT2D eigenvalue weighted by atomic mass is 16.4. The molecule has 1 saturated heterocycles. The molecule has 142 valence electrons. The Bertz CT molecular complexity index is 521. The van der Waals surface area contributed by atoms with Crippen LogP contribution in [0.3, 0.4) is 0 Å². The SMILES string of the molecule is CC(C)CC(NC(=O)C1CCCN1C(=O)CNC(=O)C(C)N)C(=O)O. The van der Waals surface area contributed by atoms with E-state index < -0.39 is 35.9 Å². The van der Waals surface area contributed by atoms with Crippen LogP contribution < -0.4 is 16.4 Å². The Morgan fingerprint density at radius 2 is 1.88 bits per heavy atom. The van der Waals surface area contributed by atoms with Crippen molar-refractivity contribution in [2.45, 2.75) is 58.2 Å². The standard InChI is InChI=1S/C16H28N4O5/c1-9(2)7-11(16(24)25)19-15(23)12-5-4-6-20(12)13(21)8-18-14(22)10(3)17/h9-12H,4-8,17H2,1-3H3,(H,18,22)(H,19,23)(H,24,25). The average Bonchev–Trinajstić information content (AvgIpc) is 3.00. The maximum absolute atomic E-state index is 12.4. The summed E-state index contributed by atoms with van der Waals surface area (Å²) in [4.78, 5) is 48.8. The third kappa shape index (κ3) is 6.33. The van der Waals surface area contributed by atoms with Gasteiger partial charge in [-0.05, 0) is 32.1 Å². The van der Waals surface area contributed by atoms with E-state index in [0.717, 1.165) is 0 Å². The van der Waals surface area contributed by atoms with Gasteiger partial charge >= 0.3 is 5.97 Å². The molecule has 1 aliphatic heterocycles. The summed E-state index contributed by atoms with van der Waals surface area (Å²) < 4.78 is 0. The van der Waals surface area contributed by atoms with E-state index in [1.807, 2.05) is 13.8 Å². The van der Waals surface area contributed by atoms with E-state index in [2.05, 4.69) is 10.6 Å². The van der Waals surface area contributed by atoms with Crippen LogP contribution in [0.4, 0.5) is 0 Å². The molecule has 0 bridgehead atoms. The van der Waals surface area contributed by atoms with E-state index in [-0.39, 0.29) is 18.4 Å².